The van der Waals surface area contributed by atoms with Gasteiger partial charge in [-0.25, -0.2) is 0 Å². The first-order chi connectivity index (χ1) is 9.10. The number of amides is 2. The third-order valence-electron chi connectivity index (χ3n) is 3.50. The lowest BCUT2D eigenvalue weighted by Gasteiger charge is -2.40. The molecule has 0 spiro atoms. The topological polar surface area (TPSA) is 101 Å². The molecule has 2 N–H and O–H groups in total. The molecule has 1 aliphatic carbocycles. The summed E-state index contributed by atoms with van der Waals surface area (Å²) in [7, 11) is 0. The van der Waals surface area contributed by atoms with Crippen LogP contribution in [0.5, 0.6) is 0 Å². The van der Waals surface area contributed by atoms with Crippen molar-refractivity contribution in [2.45, 2.75) is 24.7 Å². The minimum absolute atomic E-state index is 0.0417. The van der Waals surface area contributed by atoms with E-state index in [1.54, 1.807) is 12.1 Å². The lowest BCUT2D eigenvalue weighted by atomic mass is 9.64. The highest BCUT2D eigenvalue weighted by Crippen LogP contribution is 2.44. The summed E-state index contributed by atoms with van der Waals surface area (Å²) >= 11 is 0. The van der Waals surface area contributed by atoms with Gasteiger partial charge in [0.05, 0.1) is 10.3 Å². The van der Waals surface area contributed by atoms with Crippen LogP contribution in [0.2, 0.25) is 0 Å². The largest absolute Gasteiger partial charge is 0.277 e. The second kappa shape index (κ2) is 5.05. The van der Waals surface area contributed by atoms with Crippen molar-refractivity contribution < 1.29 is 14.5 Å². The summed E-state index contributed by atoms with van der Waals surface area (Å²) in [5.41, 5.74) is 4.20. The fourth-order valence-corrected chi connectivity index (χ4v) is 2.31. The number of hydrazine groups is 1. The van der Waals surface area contributed by atoms with Crippen molar-refractivity contribution in [1.82, 2.24) is 10.9 Å². The summed E-state index contributed by atoms with van der Waals surface area (Å²) in [4.78, 5) is 32.6. The van der Waals surface area contributed by atoms with E-state index in [0.29, 0.717) is 24.8 Å². The van der Waals surface area contributed by atoms with Crippen molar-refractivity contribution in [3.8, 4) is 0 Å². The van der Waals surface area contributed by atoms with E-state index in [1.165, 1.54) is 12.1 Å². The molecule has 19 heavy (non-hydrogen) atoms. The van der Waals surface area contributed by atoms with Gasteiger partial charge in [0.1, 0.15) is 0 Å². The Kier molecular flexibility index (Phi) is 3.46. The first-order valence-corrected chi connectivity index (χ1v) is 5.85. The molecule has 1 aliphatic rings. The molecule has 2 rings (SSSR count). The van der Waals surface area contributed by atoms with E-state index in [-0.39, 0.29) is 11.6 Å². The smallest absolute Gasteiger partial charge is 0.269 e. The third kappa shape index (κ3) is 2.26. The van der Waals surface area contributed by atoms with Gasteiger partial charge in [-0.1, -0.05) is 18.6 Å². The number of carbonyl (C=O) groups is 2. The van der Waals surface area contributed by atoms with Gasteiger partial charge in [-0.3, -0.25) is 30.6 Å². The number of benzene rings is 1. The second-order valence-corrected chi connectivity index (χ2v) is 4.46. The molecule has 0 heterocycles. The maximum Gasteiger partial charge on any atom is 0.269 e. The molecule has 1 aromatic carbocycles. The van der Waals surface area contributed by atoms with Gasteiger partial charge in [-0.15, -0.1) is 0 Å². The fraction of sp³-hybridized carbons (Fsp3) is 0.333. The van der Waals surface area contributed by atoms with E-state index in [9.17, 15) is 19.7 Å². The molecule has 0 aromatic heterocycles. The minimum atomic E-state index is -0.776. The molecule has 0 radical (unpaired) electrons. The van der Waals surface area contributed by atoms with E-state index in [0.717, 1.165) is 6.42 Å². The van der Waals surface area contributed by atoms with Gasteiger partial charge >= 0.3 is 0 Å². The predicted molar refractivity (Wildman–Crippen MR) is 66.0 cm³/mol. The standard InChI is InChI=1S/C12H13N3O4/c16-8-13-14-11(17)12(5-2-6-12)9-3-1-4-10(7-9)15(18)19/h1,3-4,7-8H,2,5-6H2,(H,13,16)(H,14,17). The predicted octanol–water partition coefficient (Wildman–Crippen LogP) is 0.794. The lowest BCUT2D eigenvalue weighted by molar-refractivity contribution is -0.385. The highest BCUT2D eigenvalue weighted by atomic mass is 16.6. The second-order valence-electron chi connectivity index (χ2n) is 4.46. The van der Waals surface area contributed by atoms with Gasteiger partial charge in [-0.05, 0) is 18.4 Å². The molecule has 0 atom stereocenters. The van der Waals surface area contributed by atoms with Crippen LogP contribution in [0.25, 0.3) is 0 Å². The molecule has 1 fully saturated rings. The molecular formula is C12H13N3O4. The van der Waals surface area contributed by atoms with Gasteiger partial charge < -0.3 is 0 Å². The first kappa shape index (κ1) is 13.0. The fourth-order valence-electron chi connectivity index (χ4n) is 2.31. The van der Waals surface area contributed by atoms with Gasteiger partial charge in [0, 0.05) is 12.1 Å². The molecular weight excluding hydrogens is 250 g/mol. The van der Waals surface area contributed by atoms with Crippen LogP contribution in [0, 0.1) is 10.1 Å². The Balaban J connectivity index is 2.30. The van der Waals surface area contributed by atoms with Crippen molar-refractivity contribution in [3.05, 3.63) is 39.9 Å². The van der Waals surface area contributed by atoms with Crippen LogP contribution in [0.3, 0.4) is 0 Å². The van der Waals surface area contributed by atoms with E-state index in [4.69, 9.17) is 0 Å². The molecule has 0 saturated heterocycles. The number of nitrogens with one attached hydrogen (secondary N) is 2. The Morgan fingerprint density at radius 3 is 2.68 bits per heavy atom. The quantitative estimate of drug-likeness (QED) is 0.466. The minimum Gasteiger partial charge on any atom is -0.277 e. The molecule has 0 bridgehead atoms. The third-order valence-corrected chi connectivity index (χ3v) is 3.50. The molecule has 7 heteroatoms. The van der Waals surface area contributed by atoms with Crippen molar-refractivity contribution in [3.63, 3.8) is 0 Å². The Morgan fingerprint density at radius 2 is 2.16 bits per heavy atom. The van der Waals surface area contributed by atoms with Crippen LogP contribution >= 0.6 is 0 Å². The van der Waals surface area contributed by atoms with Crippen LogP contribution in [0.1, 0.15) is 24.8 Å². The summed E-state index contributed by atoms with van der Waals surface area (Å²) in [5.74, 6) is -0.341. The van der Waals surface area contributed by atoms with Crippen molar-refractivity contribution >= 4 is 18.0 Å². The normalized spacial score (nSPS) is 16.0. The summed E-state index contributed by atoms with van der Waals surface area (Å²) in [6.45, 7) is 0. The number of hydrogen-bond acceptors (Lipinski definition) is 4. The number of carbonyl (C=O) groups excluding carboxylic acids is 2. The number of non-ortho nitro benzene ring substituents is 1. The van der Waals surface area contributed by atoms with Crippen molar-refractivity contribution in [1.29, 1.82) is 0 Å². The number of rotatable bonds is 5. The van der Waals surface area contributed by atoms with Crippen molar-refractivity contribution in [2.75, 3.05) is 0 Å². The first-order valence-electron chi connectivity index (χ1n) is 5.85. The van der Waals surface area contributed by atoms with E-state index < -0.39 is 10.3 Å². The Bertz CT molecular complexity index is 525. The average molecular weight is 263 g/mol. The maximum absolute atomic E-state index is 12.1. The highest BCUT2D eigenvalue weighted by molar-refractivity contribution is 5.89. The molecule has 100 valence electrons. The maximum atomic E-state index is 12.1. The summed E-state index contributed by atoms with van der Waals surface area (Å²) in [6.07, 6.45) is 2.47. The van der Waals surface area contributed by atoms with Crippen molar-refractivity contribution in [2.24, 2.45) is 0 Å². The number of nitro groups is 1. The lowest BCUT2D eigenvalue weighted by Crippen LogP contribution is -2.53. The van der Waals surface area contributed by atoms with Crippen LogP contribution < -0.4 is 10.9 Å². The van der Waals surface area contributed by atoms with Crippen LogP contribution in [0.4, 0.5) is 5.69 Å². The number of hydrogen-bond donors (Lipinski definition) is 2. The van der Waals surface area contributed by atoms with Crippen LogP contribution in [-0.2, 0) is 15.0 Å². The molecule has 1 saturated carbocycles. The summed E-state index contributed by atoms with van der Waals surface area (Å²) in [6, 6.07) is 6.07. The van der Waals surface area contributed by atoms with E-state index in [1.807, 2.05) is 0 Å². The highest BCUT2D eigenvalue weighted by Gasteiger charge is 2.46. The Labute approximate surface area is 109 Å². The van der Waals surface area contributed by atoms with Gasteiger partial charge in [0.15, 0.2) is 0 Å². The monoisotopic (exact) mass is 263 g/mol. The summed E-state index contributed by atoms with van der Waals surface area (Å²) < 4.78 is 0. The van der Waals surface area contributed by atoms with Gasteiger partial charge in [0.25, 0.3) is 5.69 Å². The van der Waals surface area contributed by atoms with Gasteiger partial charge in [-0.2, -0.15) is 0 Å². The zero-order valence-corrected chi connectivity index (χ0v) is 10.1. The van der Waals surface area contributed by atoms with E-state index in [2.05, 4.69) is 10.9 Å². The molecule has 7 nitrogen and oxygen atoms in total. The van der Waals surface area contributed by atoms with Gasteiger partial charge in [0.2, 0.25) is 12.3 Å². The molecule has 2 amide bonds. The SMILES string of the molecule is O=CNNC(=O)C1(c2cccc([N+](=O)[O-])c2)CCC1. The Hall–Kier alpha value is -2.44. The van der Waals surface area contributed by atoms with Crippen LogP contribution in [-0.4, -0.2) is 17.2 Å². The van der Waals surface area contributed by atoms with Crippen LogP contribution in [0.15, 0.2) is 24.3 Å². The molecule has 0 unspecified atom stereocenters. The number of nitro benzene ring substituents is 1. The molecule has 1 aromatic rings. The summed E-state index contributed by atoms with van der Waals surface area (Å²) in [5, 5.41) is 10.8. The zero-order valence-electron chi connectivity index (χ0n) is 10.1. The molecule has 0 aliphatic heterocycles. The van der Waals surface area contributed by atoms with E-state index >= 15 is 0 Å². The Morgan fingerprint density at radius 1 is 1.42 bits per heavy atom. The average Bonchev–Trinajstić information content (AvgIpc) is 2.35. The zero-order chi connectivity index (χ0) is 13.9. The number of nitrogens with zero attached hydrogens (tertiary/aromatic N) is 1.